The molecule has 2 N–H and O–H groups in total. The van der Waals surface area contributed by atoms with Gasteiger partial charge in [-0.15, -0.1) is 11.8 Å². The summed E-state index contributed by atoms with van der Waals surface area (Å²) in [4.78, 5) is 39.4. The minimum absolute atomic E-state index is 0.0268. The number of ketones is 1. The van der Waals surface area contributed by atoms with Crippen molar-refractivity contribution in [3.8, 4) is 5.75 Å². The molecule has 0 atom stereocenters. The van der Waals surface area contributed by atoms with Gasteiger partial charge in [0, 0.05) is 11.4 Å². The molecule has 1 heterocycles. The van der Waals surface area contributed by atoms with Gasteiger partial charge in [0.15, 0.2) is 5.78 Å². The van der Waals surface area contributed by atoms with Crippen LogP contribution < -0.4 is 21.7 Å². The van der Waals surface area contributed by atoms with Crippen LogP contribution >= 0.6 is 11.8 Å². The molecule has 8 heteroatoms. The summed E-state index contributed by atoms with van der Waals surface area (Å²) in [5.74, 6) is 0.230. The van der Waals surface area contributed by atoms with E-state index in [0.29, 0.717) is 5.75 Å². The maximum Gasteiger partial charge on any atom is 0.332 e. The smallest absolute Gasteiger partial charge is 0.332 e. The lowest BCUT2D eigenvalue weighted by Crippen LogP contribution is -2.44. The molecule has 0 aliphatic carbocycles. The summed E-state index contributed by atoms with van der Waals surface area (Å²) in [6.07, 6.45) is 0. The number of hydrogen-bond acceptors (Lipinski definition) is 6. The number of hydrogen-bond donors (Lipinski definition) is 1. The Morgan fingerprint density at radius 3 is 2.30 bits per heavy atom. The van der Waals surface area contributed by atoms with Gasteiger partial charge in [-0.2, -0.15) is 0 Å². The molecule has 3 aromatic rings. The maximum atomic E-state index is 12.9. The summed E-state index contributed by atoms with van der Waals surface area (Å²) in [5.41, 5.74) is 5.69. The fourth-order valence-electron chi connectivity index (χ4n) is 3.07. The first-order valence-corrected chi connectivity index (χ1v) is 10.4. The molecule has 156 valence electrons. The van der Waals surface area contributed by atoms with Gasteiger partial charge in [-0.1, -0.05) is 30.3 Å². The van der Waals surface area contributed by atoms with E-state index in [9.17, 15) is 14.4 Å². The van der Waals surface area contributed by atoms with Crippen LogP contribution in [0.5, 0.6) is 5.75 Å². The average molecular weight is 426 g/mol. The van der Waals surface area contributed by atoms with Crippen molar-refractivity contribution in [2.75, 3.05) is 18.6 Å². The second-order valence-electron chi connectivity index (χ2n) is 6.55. The second kappa shape index (κ2) is 9.49. The molecule has 0 spiro atoms. The van der Waals surface area contributed by atoms with Gasteiger partial charge < -0.3 is 10.5 Å². The summed E-state index contributed by atoms with van der Waals surface area (Å²) in [5, 5.41) is 0. The van der Waals surface area contributed by atoms with Crippen molar-refractivity contribution in [3.63, 3.8) is 0 Å². The molecular formula is C22H23N3O4S. The number of nitrogens with two attached hydrogens (primary N) is 1. The zero-order chi connectivity index (χ0) is 21.7. The van der Waals surface area contributed by atoms with Crippen LogP contribution in [0, 0.1) is 0 Å². The van der Waals surface area contributed by atoms with Crippen molar-refractivity contribution >= 4 is 23.4 Å². The first-order valence-electron chi connectivity index (χ1n) is 9.43. The number of Topliss-reactive ketones (excluding diaryl/α,β-unsaturated/α-hetero) is 1. The van der Waals surface area contributed by atoms with E-state index in [4.69, 9.17) is 10.5 Å². The first kappa shape index (κ1) is 21.4. The fraction of sp³-hybridized carbons (Fsp3) is 0.227. The topological polar surface area (TPSA) is 96.3 Å². The Balaban J connectivity index is 1.94. The maximum absolute atomic E-state index is 12.9. The number of nitrogens with zero attached hydrogens (tertiary/aromatic N) is 2. The van der Waals surface area contributed by atoms with Gasteiger partial charge in [-0.3, -0.25) is 18.7 Å². The normalized spacial score (nSPS) is 10.7. The Morgan fingerprint density at radius 1 is 1.03 bits per heavy atom. The molecule has 0 unspecified atom stereocenters. The summed E-state index contributed by atoms with van der Waals surface area (Å²) in [6, 6.07) is 16.5. The number of methoxy groups -OCH3 is 1. The fourth-order valence-corrected chi connectivity index (χ4v) is 3.84. The van der Waals surface area contributed by atoms with Crippen LogP contribution in [0.4, 0.5) is 5.82 Å². The average Bonchev–Trinajstić information content (AvgIpc) is 2.76. The lowest BCUT2D eigenvalue weighted by atomic mass is 10.2. The summed E-state index contributed by atoms with van der Waals surface area (Å²) in [7, 11) is 1.58. The van der Waals surface area contributed by atoms with Crippen molar-refractivity contribution in [2.45, 2.75) is 24.9 Å². The number of carbonyl (C=O) groups is 1. The van der Waals surface area contributed by atoms with Crippen LogP contribution in [0.15, 0.2) is 69.1 Å². The summed E-state index contributed by atoms with van der Waals surface area (Å²) >= 11 is 1.29. The van der Waals surface area contributed by atoms with E-state index in [1.807, 2.05) is 42.5 Å². The molecule has 0 bridgehead atoms. The monoisotopic (exact) mass is 425 g/mol. The SMILES string of the molecule is CCn1c(=O)c(C(=O)CSc2ccc(OC)cc2)c(N)n(Cc2ccccc2)c1=O. The number of benzene rings is 2. The van der Waals surface area contributed by atoms with Gasteiger partial charge in [0.1, 0.15) is 17.1 Å². The Kier molecular flexibility index (Phi) is 6.79. The number of rotatable bonds is 8. The predicted molar refractivity (Wildman–Crippen MR) is 119 cm³/mol. The minimum Gasteiger partial charge on any atom is -0.497 e. The highest BCUT2D eigenvalue weighted by Crippen LogP contribution is 2.22. The molecule has 0 radical (unpaired) electrons. The molecule has 2 aromatic carbocycles. The van der Waals surface area contributed by atoms with Gasteiger partial charge in [-0.05, 0) is 36.8 Å². The summed E-state index contributed by atoms with van der Waals surface area (Å²) in [6.45, 7) is 2.02. The molecule has 3 rings (SSSR count). The Bertz CT molecular complexity index is 1150. The van der Waals surface area contributed by atoms with E-state index in [1.54, 1.807) is 26.2 Å². The number of carbonyl (C=O) groups excluding carboxylic acids is 1. The molecule has 0 aliphatic rings. The third kappa shape index (κ3) is 4.49. The van der Waals surface area contributed by atoms with E-state index in [2.05, 4.69) is 0 Å². The zero-order valence-corrected chi connectivity index (χ0v) is 17.6. The zero-order valence-electron chi connectivity index (χ0n) is 16.8. The number of nitrogen functional groups attached to an aromatic ring is 1. The molecule has 0 fully saturated rings. The van der Waals surface area contributed by atoms with Crippen LogP contribution in [-0.4, -0.2) is 27.8 Å². The molecule has 0 saturated heterocycles. The minimum atomic E-state index is -0.648. The standard InChI is InChI=1S/C22H23N3O4S/c1-3-24-21(27)19(18(26)14-30-17-11-9-16(29-2)10-12-17)20(23)25(22(24)28)13-15-7-5-4-6-8-15/h4-12H,3,13-14,23H2,1-2H3. The van der Waals surface area contributed by atoms with Crippen molar-refractivity contribution in [2.24, 2.45) is 0 Å². The molecule has 1 aromatic heterocycles. The number of ether oxygens (including phenoxy) is 1. The highest BCUT2D eigenvalue weighted by molar-refractivity contribution is 8.00. The molecule has 7 nitrogen and oxygen atoms in total. The quantitative estimate of drug-likeness (QED) is 0.440. The van der Waals surface area contributed by atoms with Gasteiger partial charge >= 0.3 is 5.69 Å². The molecular weight excluding hydrogens is 402 g/mol. The lowest BCUT2D eigenvalue weighted by Gasteiger charge is -2.15. The molecule has 30 heavy (non-hydrogen) atoms. The first-order chi connectivity index (χ1) is 14.5. The van der Waals surface area contributed by atoms with E-state index in [0.717, 1.165) is 15.0 Å². The Labute approximate surface area is 178 Å². The summed E-state index contributed by atoms with van der Waals surface area (Å²) < 4.78 is 7.45. The van der Waals surface area contributed by atoms with Gasteiger partial charge in [0.2, 0.25) is 0 Å². The second-order valence-corrected chi connectivity index (χ2v) is 7.60. The predicted octanol–water partition coefficient (Wildman–Crippen LogP) is 2.64. The van der Waals surface area contributed by atoms with E-state index < -0.39 is 17.0 Å². The van der Waals surface area contributed by atoms with Crippen molar-refractivity contribution in [1.82, 2.24) is 9.13 Å². The number of anilines is 1. The largest absolute Gasteiger partial charge is 0.497 e. The highest BCUT2D eigenvalue weighted by Gasteiger charge is 2.22. The number of aromatic nitrogens is 2. The van der Waals surface area contributed by atoms with Crippen molar-refractivity contribution < 1.29 is 9.53 Å². The van der Waals surface area contributed by atoms with E-state index >= 15 is 0 Å². The highest BCUT2D eigenvalue weighted by atomic mass is 32.2. The van der Waals surface area contributed by atoms with Crippen molar-refractivity contribution in [3.05, 3.63) is 86.6 Å². The van der Waals surface area contributed by atoms with Crippen LogP contribution in [0.2, 0.25) is 0 Å². The van der Waals surface area contributed by atoms with Crippen LogP contribution in [0.1, 0.15) is 22.8 Å². The lowest BCUT2D eigenvalue weighted by molar-refractivity contribution is 0.102. The third-order valence-corrected chi connectivity index (χ3v) is 5.69. The molecule has 0 saturated carbocycles. The van der Waals surface area contributed by atoms with Gasteiger partial charge in [0.25, 0.3) is 5.56 Å². The number of thioether (sulfide) groups is 1. The van der Waals surface area contributed by atoms with Crippen LogP contribution in [0.3, 0.4) is 0 Å². The van der Waals surface area contributed by atoms with Crippen LogP contribution in [-0.2, 0) is 13.1 Å². The van der Waals surface area contributed by atoms with Crippen molar-refractivity contribution in [1.29, 1.82) is 0 Å². The van der Waals surface area contributed by atoms with E-state index in [1.165, 1.54) is 16.3 Å². The third-order valence-electron chi connectivity index (χ3n) is 4.68. The van der Waals surface area contributed by atoms with E-state index in [-0.39, 0.29) is 30.2 Å². The van der Waals surface area contributed by atoms with Gasteiger partial charge in [-0.25, -0.2) is 4.79 Å². The van der Waals surface area contributed by atoms with Crippen LogP contribution in [0.25, 0.3) is 0 Å². The molecule has 0 amide bonds. The molecule has 0 aliphatic heterocycles. The van der Waals surface area contributed by atoms with Gasteiger partial charge in [0.05, 0.1) is 19.4 Å². The Hall–Kier alpha value is -3.26. The Morgan fingerprint density at radius 2 is 1.70 bits per heavy atom.